The Morgan fingerprint density at radius 3 is 2.58 bits per heavy atom. The van der Waals surface area contributed by atoms with Crippen molar-refractivity contribution in [2.45, 2.75) is 43.6 Å². The molecule has 0 spiro atoms. The largest absolute Gasteiger partial charge is 0.434 e. The number of carbonyl (C=O) groups excluding carboxylic acids is 1. The molecule has 5 heterocycles. The maximum atomic E-state index is 13.4. The van der Waals surface area contributed by atoms with Gasteiger partial charge in [0, 0.05) is 12.2 Å². The van der Waals surface area contributed by atoms with Gasteiger partial charge in [0.2, 0.25) is 0 Å². The summed E-state index contributed by atoms with van der Waals surface area (Å²) in [7, 11) is 0. The normalized spacial score (nSPS) is 22.7. The van der Waals surface area contributed by atoms with Crippen molar-refractivity contribution in [1.29, 1.82) is 0 Å². The zero-order valence-electron chi connectivity index (χ0n) is 16.1. The molecule has 2 aliphatic rings. The maximum Gasteiger partial charge on any atom is 0.434 e. The standard InChI is InChI=1S/C19H17F3N8O/c20-19(21,22)15-9-25-16(10-24-15)28-13-8-11-3-4-14(13)29(11)18(31)12-2-1-5-23-17(12)30-26-6-7-27-30/h1-2,5-7,9-11,13-14H,3-4,8H2,(H,25,28). The van der Waals surface area contributed by atoms with E-state index in [9.17, 15) is 18.0 Å². The summed E-state index contributed by atoms with van der Waals surface area (Å²) in [5.74, 6) is 0.429. The molecule has 1 amide bonds. The van der Waals surface area contributed by atoms with Crippen molar-refractivity contribution >= 4 is 11.7 Å². The number of amides is 1. The first kappa shape index (κ1) is 19.4. The summed E-state index contributed by atoms with van der Waals surface area (Å²) in [6.07, 6.45) is 4.16. The Morgan fingerprint density at radius 1 is 1.06 bits per heavy atom. The minimum atomic E-state index is -4.54. The molecule has 3 aromatic heterocycles. The van der Waals surface area contributed by atoms with Crippen molar-refractivity contribution in [2.24, 2.45) is 0 Å². The summed E-state index contributed by atoms with van der Waals surface area (Å²) < 4.78 is 38.1. The van der Waals surface area contributed by atoms with Crippen molar-refractivity contribution in [3.63, 3.8) is 0 Å². The number of rotatable bonds is 4. The topological polar surface area (TPSA) is 102 Å². The monoisotopic (exact) mass is 430 g/mol. The molecule has 160 valence electrons. The Kier molecular flexibility index (Phi) is 4.56. The van der Waals surface area contributed by atoms with Gasteiger partial charge in [-0.3, -0.25) is 4.79 Å². The van der Waals surface area contributed by atoms with Crippen molar-refractivity contribution < 1.29 is 18.0 Å². The molecule has 1 N–H and O–H groups in total. The molecule has 2 fully saturated rings. The molecule has 3 aromatic rings. The fourth-order valence-corrected chi connectivity index (χ4v) is 4.39. The molecule has 2 aliphatic heterocycles. The van der Waals surface area contributed by atoms with E-state index < -0.39 is 11.9 Å². The van der Waals surface area contributed by atoms with E-state index in [4.69, 9.17) is 0 Å². The second-order valence-corrected chi connectivity index (χ2v) is 7.48. The van der Waals surface area contributed by atoms with Crippen LogP contribution in [0.3, 0.4) is 0 Å². The Morgan fingerprint density at radius 2 is 1.87 bits per heavy atom. The van der Waals surface area contributed by atoms with Crippen molar-refractivity contribution in [1.82, 2.24) is 34.8 Å². The highest BCUT2D eigenvalue weighted by atomic mass is 19.4. The molecule has 3 unspecified atom stereocenters. The van der Waals surface area contributed by atoms with Crippen molar-refractivity contribution in [3.05, 3.63) is 54.4 Å². The van der Waals surface area contributed by atoms with Crippen LogP contribution in [0.1, 0.15) is 35.3 Å². The van der Waals surface area contributed by atoms with E-state index in [1.54, 1.807) is 18.3 Å². The van der Waals surface area contributed by atoms with Crippen LogP contribution in [0.4, 0.5) is 19.0 Å². The predicted molar refractivity (Wildman–Crippen MR) is 101 cm³/mol. The molecule has 0 aliphatic carbocycles. The number of alkyl halides is 3. The van der Waals surface area contributed by atoms with Gasteiger partial charge in [0.25, 0.3) is 5.91 Å². The average molecular weight is 430 g/mol. The molecule has 0 aromatic carbocycles. The summed E-state index contributed by atoms with van der Waals surface area (Å²) in [5.41, 5.74) is -0.648. The molecule has 0 radical (unpaired) electrons. The first-order chi connectivity index (χ1) is 14.9. The van der Waals surface area contributed by atoms with E-state index >= 15 is 0 Å². The van der Waals surface area contributed by atoms with Gasteiger partial charge in [0.15, 0.2) is 11.5 Å². The minimum Gasteiger partial charge on any atom is -0.364 e. The Hall–Kier alpha value is -3.57. The van der Waals surface area contributed by atoms with E-state index in [2.05, 4.69) is 30.5 Å². The molecule has 2 bridgehead atoms. The number of aromatic nitrogens is 6. The molecule has 12 heteroatoms. The number of anilines is 1. The number of carbonyl (C=O) groups is 1. The Bertz CT molecular complexity index is 1090. The molecule has 3 atom stereocenters. The zero-order valence-corrected chi connectivity index (χ0v) is 16.1. The van der Waals surface area contributed by atoms with Crippen LogP contribution < -0.4 is 5.32 Å². The Balaban J connectivity index is 1.36. The lowest BCUT2D eigenvalue weighted by Gasteiger charge is -2.25. The highest BCUT2D eigenvalue weighted by molar-refractivity contribution is 5.98. The van der Waals surface area contributed by atoms with Crippen molar-refractivity contribution in [2.75, 3.05) is 5.32 Å². The quantitative estimate of drug-likeness (QED) is 0.678. The summed E-state index contributed by atoms with van der Waals surface area (Å²) in [4.78, 5) is 28.1. The third-order valence-electron chi connectivity index (χ3n) is 5.67. The number of pyridine rings is 1. The number of halogens is 3. The second-order valence-electron chi connectivity index (χ2n) is 7.48. The molecule has 9 nitrogen and oxygen atoms in total. The third-order valence-corrected chi connectivity index (χ3v) is 5.67. The first-order valence-electron chi connectivity index (χ1n) is 9.72. The zero-order chi connectivity index (χ0) is 21.6. The van der Waals surface area contributed by atoms with Gasteiger partial charge in [0.05, 0.1) is 42.4 Å². The van der Waals surface area contributed by atoms with E-state index in [-0.39, 0.29) is 29.9 Å². The van der Waals surface area contributed by atoms with Crippen molar-refractivity contribution in [3.8, 4) is 5.82 Å². The predicted octanol–water partition coefficient (Wildman–Crippen LogP) is 2.33. The number of hydrogen-bond donors (Lipinski definition) is 1. The molecular weight excluding hydrogens is 413 g/mol. The fourth-order valence-electron chi connectivity index (χ4n) is 4.39. The summed E-state index contributed by atoms with van der Waals surface area (Å²) in [6, 6.07) is 3.16. The maximum absolute atomic E-state index is 13.4. The molecule has 0 saturated carbocycles. The van der Waals surface area contributed by atoms with Gasteiger partial charge in [-0.1, -0.05) is 0 Å². The van der Waals surface area contributed by atoms with Gasteiger partial charge in [-0.25, -0.2) is 15.0 Å². The molecule has 2 saturated heterocycles. The number of hydrogen-bond acceptors (Lipinski definition) is 7. The summed E-state index contributed by atoms with van der Waals surface area (Å²) in [5, 5.41) is 11.3. The summed E-state index contributed by atoms with van der Waals surface area (Å²) >= 11 is 0. The number of fused-ring (bicyclic) bond motifs is 2. The van der Waals surface area contributed by atoms with E-state index in [0.717, 1.165) is 19.0 Å². The fraction of sp³-hybridized carbons (Fsp3) is 0.368. The molecule has 31 heavy (non-hydrogen) atoms. The smallest absolute Gasteiger partial charge is 0.364 e. The van der Waals surface area contributed by atoms with Gasteiger partial charge in [0.1, 0.15) is 5.82 Å². The van der Waals surface area contributed by atoms with Crippen LogP contribution in [0, 0.1) is 0 Å². The van der Waals surface area contributed by atoms with Crippen LogP contribution >= 0.6 is 0 Å². The van der Waals surface area contributed by atoms with Crippen LogP contribution in [0.15, 0.2) is 43.1 Å². The molecular formula is C19H17F3N8O. The highest BCUT2D eigenvalue weighted by Crippen LogP contribution is 2.40. The van der Waals surface area contributed by atoms with Gasteiger partial charge < -0.3 is 10.2 Å². The lowest BCUT2D eigenvalue weighted by atomic mass is 9.95. The van der Waals surface area contributed by atoms with E-state index in [1.165, 1.54) is 17.2 Å². The van der Waals surface area contributed by atoms with Crippen LogP contribution in [-0.2, 0) is 6.18 Å². The lowest BCUT2D eigenvalue weighted by molar-refractivity contribution is -0.141. The van der Waals surface area contributed by atoms with E-state index in [1.807, 2.05) is 4.90 Å². The number of nitrogens with one attached hydrogen (secondary N) is 1. The minimum absolute atomic E-state index is 0.0241. The van der Waals surface area contributed by atoms with Crippen LogP contribution in [-0.4, -0.2) is 58.9 Å². The van der Waals surface area contributed by atoms with Crippen LogP contribution in [0.2, 0.25) is 0 Å². The lowest BCUT2D eigenvalue weighted by Crippen LogP contribution is -2.40. The van der Waals surface area contributed by atoms with E-state index in [0.29, 0.717) is 24.0 Å². The SMILES string of the molecule is O=C(c1cccnc1-n1nccn1)N1C2CCC1C(Nc1cnc(C(F)(F)F)cn1)C2. The highest BCUT2D eigenvalue weighted by Gasteiger charge is 2.49. The number of nitrogens with zero attached hydrogens (tertiary/aromatic N) is 7. The van der Waals surface area contributed by atoms with Gasteiger partial charge >= 0.3 is 6.18 Å². The Labute approximate surface area is 174 Å². The molecule has 5 rings (SSSR count). The summed E-state index contributed by atoms with van der Waals surface area (Å²) in [6.45, 7) is 0. The van der Waals surface area contributed by atoms with Gasteiger partial charge in [-0.05, 0) is 31.4 Å². The average Bonchev–Trinajstić information content (AvgIpc) is 3.50. The van der Waals surface area contributed by atoms with Gasteiger partial charge in [-0.15, -0.1) is 4.80 Å². The third kappa shape index (κ3) is 3.47. The van der Waals surface area contributed by atoms with Gasteiger partial charge in [-0.2, -0.15) is 23.4 Å². The second kappa shape index (κ2) is 7.29. The van der Waals surface area contributed by atoms with Crippen LogP contribution in [0.25, 0.3) is 5.82 Å². The first-order valence-corrected chi connectivity index (χ1v) is 9.72. The van der Waals surface area contributed by atoms with Crippen LogP contribution in [0.5, 0.6) is 0 Å².